The summed E-state index contributed by atoms with van der Waals surface area (Å²) in [6.45, 7) is 3.62. The van der Waals surface area contributed by atoms with E-state index in [1.54, 1.807) is 7.11 Å². The highest BCUT2D eigenvalue weighted by atomic mass is 16.5. The fraction of sp³-hybridized carbons (Fsp3) is 0.583. The van der Waals surface area contributed by atoms with Gasteiger partial charge in [-0.15, -0.1) is 0 Å². The van der Waals surface area contributed by atoms with Crippen LogP contribution in [0.15, 0.2) is 12.3 Å². The molecule has 1 atom stereocenters. The average Bonchev–Trinajstić information content (AvgIpc) is 2.65. The molecule has 1 N–H and O–H groups in total. The van der Waals surface area contributed by atoms with Crippen LogP contribution in [0, 0.1) is 11.3 Å². The highest BCUT2D eigenvalue weighted by Crippen LogP contribution is 2.06. The molecular weight excluding hydrogens is 202 g/mol. The van der Waals surface area contributed by atoms with Crippen LogP contribution in [0.1, 0.15) is 24.6 Å². The number of nitrogens with zero attached hydrogens (tertiary/aromatic N) is 2. The van der Waals surface area contributed by atoms with Crippen LogP contribution in [0.25, 0.3) is 0 Å². The number of aryl methyl sites for hydroxylation is 1. The van der Waals surface area contributed by atoms with E-state index in [1.807, 2.05) is 23.9 Å². The number of ether oxygens (including phenoxy) is 1. The van der Waals surface area contributed by atoms with E-state index in [1.165, 1.54) is 0 Å². The number of hydrogen-bond acceptors (Lipinski definition) is 3. The number of hydrogen-bond donors (Lipinski definition) is 1. The van der Waals surface area contributed by atoms with Crippen molar-refractivity contribution in [2.45, 2.75) is 25.9 Å². The number of nitriles is 1. The van der Waals surface area contributed by atoms with Gasteiger partial charge in [-0.2, -0.15) is 5.26 Å². The highest BCUT2D eigenvalue weighted by molar-refractivity contribution is 5.28. The number of rotatable bonds is 6. The molecule has 0 aliphatic heterocycles. The predicted molar refractivity (Wildman–Crippen MR) is 62.9 cm³/mol. The third-order valence-electron chi connectivity index (χ3n) is 2.63. The van der Waals surface area contributed by atoms with Gasteiger partial charge >= 0.3 is 0 Å². The summed E-state index contributed by atoms with van der Waals surface area (Å²) in [6.07, 6.45) is 3.01. The van der Waals surface area contributed by atoms with Gasteiger partial charge in [0.25, 0.3) is 0 Å². The zero-order valence-electron chi connectivity index (χ0n) is 10.2. The van der Waals surface area contributed by atoms with Crippen LogP contribution in [-0.4, -0.2) is 24.3 Å². The summed E-state index contributed by atoms with van der Waals surface area (Å²) in [7, 11) is 3.59. The molecular formula is C12H19N3O. The Kier molecular flexibility index (Phi) is 5.03. The SMILES string of the molecule is CCC(COC)NCc1cc(C#N)n(C)c1. The highest BCUT2D eigenvalue weighted by Gasteiger charge is 2.06. The zero-order valence-corrected chi connectivity index (χ0v) is 10.2. The minimum atomic E-state index is 0.371. The van der Waals surface area contributed by atoms with Crippen molar-refractivity contribution in [3.63, 3.8) is 0 Å². The van der Waals surface area contributed by atoms with Crippen molar-refractivity contribution in [3.05, 3.63) is 23.5 Å². The molecule has 4 nitrogen and oxygen atoms in total. The van der Waals surface area contributed by atoms with Crippen LogP contribution in [0.4, 0.5) is 0 Å². The van der Waals surface area contributed by atoms with Gasteiger partial charge in [0.2, 0.25) is 0 Å². The van der Waals surface area contributed by atoms with Crippen LogP contribution in [0.5, 0.6) is 0 Å². The summed E-state index contributed by atoms with van der Waals surface area (Å²) in [5, 5.41) is 12.2. The Labute approximate surface area is 96.8 Å². The fourth-order valence-electron chi connectivity index (χ4n) is 1.63. The van der Waals surface area contributed by atoms with Gasteiger partial charge in [0.1, 0.15) is 11.8 Å². The molecule has 1 unspecified atom stereocenters. The van der Waals surface area contributed by atoms with E-state index in [-0.39, 0.29) is 0 Å². The molecule has 1 aromatic heterocycles. The maximum absolute atomic E-state index is 8.83. The standard InChI is InChI=1S/C12H19N3O/c1-4-11(9-16-3)14-7-10-5-12(6-13)15(2)8-10/h5,8,11,14H,4,7,9H2,1-3H3. The Bertz CT molecular complexity index is 365. The quantitative estimate of drug-likeness (QED) is 0.790. The van der Waals surface area contributed by atoms with E-state index >= 15 is 0 Å². The van der Waals surface area contributed by atoms with E-state index in [0.29, 0.717) is 18.3 Å². The molecule has 1 heterocycles. The van der Waals surface area contributed by atoms with Crippen LogP contribution in [-0.2, 0) is 18.3 Å². The molecule has 0 fully saturated rings. The summed E-state index contributed by atoms with van der Waals surface area (Å²) in [4.78, 5) is 0. The largest absolute Gasteiger partial charge is 0.383 e. The normalized spacial score (nSPS) is 12.4. The van der Waals surface area contributed by atoms with Crippen molar-refractivity contribution >= 4 is 0 Å². The van der Waals surface area contributed by atoms with Gasteiger partial charge in [0.05, 0.1) is 6.61 Å². The molecule has 0 aliphatic rings. The first-order valence-electron chi connectivity index (χ1n) is 5.48. The first-order valence-corrected chi connectivity index (χ1v) is 5.48. The Balaban J connectivity index is 2.50. The summed E-state index contributed by atoms with van der Waals surface area (Å²) in [5.74, 6) is 0. The first kappa shape index (κ1) is 12.8. The summed E-state index contributed by atoms with van der Waals surface area (Å²) in [6, 6.07) is 4.43. The molecule has 0 radical (unpaired) electrons. The van der Waals surface area contributed by atoms with E-state index in [4.69, 9.17) is 10.00 Å². The van der Waals surface area contributed by atoms with Gasteiger partial charge in [-0.25, -0.2) is 0 Å². The third kappa shape index (κ3) is 3.37. The van der Waals surface area contributed by atoms with E-state index in [2.05, 4.69) is 18.3 Å². The molecule has 0 aliphatic carbocycles. The molecule has 0 spiro atoms. The van der Waals surface area contributed by atoms with E-state index in [9.17, 15) is 0 Å². The molecule has 4 heteroatoms. The van der Waals surface area contributed by atoms with Gasteiger partial charge in [0, 0.05) is 32.9 Å². The predicted octanol–water partition coefficient (Wildman–Crippen LogP) is 1.41. The van der Waals surface area contributed by atoms with E-state index in [0.717, 1.165) is 18.5 Å². The monoisotopic (exact) mass is 221 g/mol. The summed E-state index contributed by atoms with van der Waals surface area (Å²) < 4.78 is 6.95. The second-order valence-electron chi connectivity index (χ2n) is 3.90. The average molecular weight is 221 g/mol. The molecule has 0 saturated carbocycles. The van der Waals surface area contributed by atoms with Gasteiger partial charge in [0.15, 0.2) is 0 Å². The van der Waals surface area contributed by atoms with Crippen LogP contribution in [0.3, 0.4) is 0 Å². The van der Waals surface area contributed by atoms with Crippen LogP contribution >= 0.6 is 0 Å². The lowest BCUT2D eigenvalue weighted by molar-refractivity contribution is 0.164. The molecule has 88 valence electrons. The fourth-order valence-corrected chi connectivity index (χ4v) is 1.63. The molecule has 0 saturated heterocycles. The van der Waals surface area contributed by atoms with Crippen LogP contribution in [0.2, 0.25) is 0 Å². The molecule has 16 heavy (non-hydrogen) atoms. The second kappa shape index (κ2) is 6.31. The molecule has 0 amide bonds. The van der Waals surface area contributed by atoms with Gasteiger partial charge in [-0.1, -0.05) is 6.92 Å². The Hall–Kier alpha value is -1.31. The third-order valence-corrected chi connectivity index (χ3v) is 2.63. The number of aromatic nitrogens is 1. The number of methoxy groups -OCH3 is 1. The summed E-state index contributed by atoms with van der Waals surface area (Å²) in [5.41, 5.74) is 1.82. The molecule has 0 aromatic carbocycles. The maximum atomic E-state index is 8.83. The van der Waals surface area contributed by atoms with Crippen molar-refractivity contribution < 1.29 is 4.74 Å². The van der Waals surface area contributed by atoms with Crippen molar-refractivity contribution in [3.8, 4) is 6.07 Å². The van der Waals surface area contributed by atoms with Crippen molar-refractivity contribution in [2.24, 2.45) is 7.05 Å². The minimum Gasteiger partial charge on any atom is -0.383 e. The summed E-state index contributed by atoms with van der Waals surface area (Å²) >= 11 is 0. The lowest BCUT2D eigenvalue weighted by Crippen LogP contribution is -2.31. The minimum absolute atomic E-state index is 0.371. The molecule has 1 rings (SSSR count). The van der Waals surface area contributed by atoms with Crippen molar-refractivity contribution in [1.29, 1.82) is 5.26 Å². The van der Waals surface area contributed by atoms with Gasteiger partial charge in [-0.05, 0) is 18.1 Å². The lowest BCUT2D eigenvalue weighted by atomic mass is 10.2. The van der Waals surface area contributed by atoms with Gasteiger partial charge < -0.3 is 14.6 Å². The first-order chi connectivity index (χ1) is 7.71. The Morgan fingerprint density at radius 1 is 1.62 bits per heavy atom. The van der Waals surface area contributed by atoms with E-state index < -0.39 is 0 Å². The van der Waals surface area contributed by atoms with Gasteiger partial charge in [-0.3, -0.25) is 0 Å². The van der Waals surface area contributed by atoms with Crippen molar-refractivity contribution in [2.75, 3.05) is 13.7 Å². The Morgan fingerprint density at radius 3 is 2.88 bits per heavy atom. The lowest BCUT2D eigenvalue weighted by Gasteiger charge is -2.14. The topological polar surface area (TPSA) is 50.0 Å². The second-order valence-corrected chi connectivity index (χ2v) is 3.90. The Morgan fingerprint density at radius 2 is 2.38 bits per heavy atom. The zero-order chi connectivity index (χ0) is 12.0. The molecule has 1 aromatic rings. The maximum Gasteiger partial charge on any atom is 0.120 e. The number of nitrogens with one attached hydrogen (secondary N) is 1. The molecule has 0 bridgehead atoms. The van der Waals surface area contributed by atoms with Crippen molar-refractivity contribution in [1.82, 2.24) is 9.88 Å². The smallest absolute Gasteiger partial charge is 0.120 e. The van der Waals surface area contributed by atoms with Crippen LogP contribution < -0.4 is 5.32 Å².